The molecule has 0 bridgehead atoms. The number of aromatic nitrogens is 1. The quantitative estimate of drug-likeness (QED) is 0.494. The van der Waals surface area contributed by atoms with Gasteiger partial charge in [-0.3, -0.25) is 4.79 Å². The Bertz CT molecular complexity index is 1010. The highest BCUT2D eigenvalue weighted by Crippen LogP contribution is 2.28. The minimum atomic E-state index is -0.234. The van der Waals surface area contributed by atoms with Gasteiger partial charge in [0.15, 0.2) is 0 Å². The molecule has 3 aromatic rings. The molecule has 5 heteroatoms. The number of para-hydroxylation sites is 1. The summed E-state index contributed by atoms with van der Waals surface area (Å²) in [5.41, 5.74) is 2.70. The Morgan fingerprint density at radius 1 is 1.03 bits per heavy atom. The molecule has 31 heavy (non-hydrogen) atoms. The van der Waals surface area contributed by atoms with Crippen molar-refractivity contribution < 1.29 is 13.9 Å². The molecular formula is C26H29FN2O2. The lowest BCUT2D eigenvalue weighted by molar-refractivity contribution is 0.0605. The highest BCUT2D eigenvalue weighted by Gasteiger charge is 2.28. The normalized spacial score (nSPS) is 14.4. The molecule has 1 saturated carbocycles. The van der Waals surface area contributed by atoms with E-state index in [4.69, 9.17) is 4.74 Å². The third-order valence-electron chi connectivity index (χ3n) is 6.14. The van der Waals surface area contributed by atoms with Crippen LogP contribution in [0.2, 0.25) is 0 Å². The van der Waals surface area contributed by atoms with Crippen molar-refractivity contribution in [2.24, 2.45) is 0 Å². The van der Waals surface area contributed by atoms with Gasteiger partial charge < -0.3 is 14.2 Å². The van der Waals surface area contributed by atoms with Crippen LogP contribution < -0.4 is 4.74 Å². The monoisotopic (exact) mass is 420 g/mol. The van der Waals surface area contributed by atoms with Crippen molar-refractivity contribution in [1.29, 1.82) is 0 Å². The van der Waals surface area contributed by atoms with Crippen LogP contribution in [0, 0.1) is 5.82 Å². The third-order valence-corrected chi connectivity index (χ3v) is 6.14. The van der Waals surface area contributed by atoms with Gasteiger partial charge in [0.05, 0.1) is 19.2 Å². The fourth-order valence-electron chi connectivity index (χ4n) is 4.44. The Balaban J connectivity index is 1.60. The molecule has 4 nitrogen and oxygen atoms in total. The van der Waals surface area contributed by atoms with E-state index < -0.39 is 0 Å². The molecule has 1 heterocycles. The molecule has 1 aliphatic carbocycles. The largest absolute Gasteiger partial charge is 0.496 e. The number of carbonyl (C=O) groups excluding carboxylic acids is 1. The third kappa shape index (κ3) is 4.98. The summed E-state index contributed by atoms with van der Waals surface area (Å²) in [6, 6.07) is 18.3. The molecule has 0 atom stereocenters. The van der Waals surface area contributed by atoms with Gasteiger partial charge in [0.2, 0.25) is 0 Å². The number of ether oxygens (including phenoxy) is 1. The molecule has 162 valence electrons. The molecule has 0 radical (unpaired) electrons. The second-order valence-corrected chi connectivity index (χ2v) is 8.18. The number of rotatable bonds is 7. The molecule has 0 aliphatic heterocycles. The van der Waals surface area contributed by atoms with Crippen LogP contribution in [0.5, 0.6) is 5.75 Å². The molecule has 1 fully saturated rings. The summed E-state index contributed by atoms with van der Waals surface area (Å²) in [7, 11) is 1.60. The van der Waals surface area contributed by atoms with Crippen molar-refractivity contribution in [2.75, 3.05) is 7.11 Å². The van der Waals surface area contributed by atoms with Gasteiger partial charge in [-0.2, -0.15) is 0 Å². The first-order chi connectivity index (χ1) is 15.2. The highest BCUT2D eigenvalue weighted by molar-refractivity contribution is 5.97. The average molecular weight is 421 g/mol. The number of benzene rings is 2. The molecule has 1 aliphatic rings. The topological polar surface area (TPSA) is 34.5 Å². The molecule has 2 aromatic carbocycles. The number of carbonyl (C=O) groups is 1. The van der Waals surface area contributed by atoms with E-state index in [1.807, 2.05) is 41.4 Å². The second-order valence-electron chi connectivity index (χ2n) is 8.18. The van der Waals surface area contributed by atoms with Crippen molar-refractivity contribution in [1.82, 2.24) is 9.47 Å². The van der Waals surface area contributed by atoms with Crippen molar-refractivity contribution in [2.45, 2.75) is 51.2 Å². The van der Waals surface area contributed by atoms with E-state index in [0.29, 0.717) is 24.4 Å². The van der Waals surface area contributed by atoms with Crippen LogP contribution in [0.15, 0.2) is 66.9 Å². The molecule has 0 unspecified atom stereocenters. The molecule has 1 aromatic heterocycles. The Morgan fingerprint density at radius 2 is 1.77 bits per heavy atom. The Morgan fingerprint density at radius 3 is 2.52 bits per heavy atom. The van der Waals surface area contributed by atoms with Crippen LogP contribution in [-0.2, 0) is 13.1 Å². The van der Waals surface area contributed by atoms with E-state index in [0.717, 1.165) is 36.9 Å². The minimum absolute atomic E-state index is 0.0129. The SMILES string of the molecule is COc1ccccc1C(=O)N(Cc1cccn1Cc1ccc(F)cc1)C1CCCCC1. The Labute approximate surface area is 183 Å². The Kier molecular flexibility index (Phi) is 6.70. The van der Waals surface area contributed by atoms with Crippen LogP contribution >= 0.6 is 0 Å². The maximum atomic E-state index is 13.7. The first-order valence-electron chi connectivity index (χ1n) is 11.0. The highest BCUT2D eigenvalue weighted by atomic mass is 19.1. The van der Waals surface area contributed by atoms with Gasteiger partial charge >= 0.3 is 0 Å². The number of hydrogen-bond acceptors (Lipinski definition) is 2. The summed E-state index contributed by atoms with van der Waals surface area (Å²) in [5.74, 6) is 0.385. The predicted molar refractivity (Wildman–Crippen MR) is 120 cm³/mol. The van der Waals surface area contributed by atoms with Crippen LogP contribution in [0.4, 0.5) is 4.39 Å². The van der Waals surface area contributed by atoms with Crippen molar-refractivity contribution in [3.63, 3.8) is 0 Å². The molecule has 0 saturated heterocycles. The average Bonchev–Trinajstić information content (AvgIpc) is 3.25. The summed E-state index contributed by atoms with van der Waals surface area (Å²) in [6.07, 6.45) is 7.60. The van der Waals surface area contributed by atoms with Gasteiger partial charge in [0.1, 0.15) is 11.6 Å². The van der Waals surface area contributed by atoms with Crippen LogP contribution in [0.3, 0.4) is 0 Å². The molecule has 0 N–H and O–H groups in total. The zero-order chi connectivity index (χ0) is 21.6. The lowest BCUT2D eigenvalue weighted by Gasteiger charge is -2.35. The van der Waals surface area contributed by atoms with E-state index in [1.54, 1.807) is 19.2 Å². The number of methoxy groups -OCH3 is 1. The summed E-state index contributed by atoms with van der Waals surface area (Å²) in [6.45, 7) is 1.18. The van der Waals surface area contributed by atoms with E-state index in [1.165, 1.54) is 18.6 Å². The first-order valence-corrected chi connectivity index (χ1v) is 11.0. The molecule has 4 rings (SSSR count). The summed E-state index contributed by atoms with van der Waals surface area (Å²) in [4.78, 5) is 15.7. The fourth-order valence-corrected chi connectivity index (χ4v) is 4.44. The Hall–Kier alpha value is -3.08. The minimum Gasteiger partial charge on any atom is -0.496 e. The molecular weight excluding hydrogens is 391 g/mol. The maximum Gasteiger partial charge on any atom is 0.258 e. The smallest absolute Gasteiger partial charge is 0.258 e. The lowest BCUT2D eigenvalue weighted by Crippen LogP contribution is -2.41. The second kappa shape index (κ2) is 9.82. The van der Waals surface area contributed by atoms with E-state index >= 15 is 0 Å². The fraction of sp³-hybridized carbons (Fsp3) is 0.346. The van der Waals surface area contributed by atoms with Gasteiger partial charge in [-0.15, -0.1) is 0 Å². The van der Waals surface area contributed by atoms with Crippen molar-refractivity contribution in [3.05, 3.63) is 89.5 Å². The maximum absolute atomic E-state index is 13.7. The summed E-state index contributed by atoms with van der Waals surface area (Å²) >= 11 is 0. The first kappa shape index (κ1) is 21.2. The van der Waals surface area contributed by atoms with Gasteiger partial charge in [-0.1, -0.05) is 43.5 Å². The number of nitrogens with zero attached hydrogens (tertiary/aromatic N) is 2. The van der Waals surface area contributed by atoms with E-state index in [2.05, 4.69) is 10.6 Å². The number of halogens is 1. The lowest BCUT2D eigenvalue weighted by atomic mass is 9.93. The summed E-state index contributed by atoms with van der Waals surface area (Å²) < 4.78 is 20.9. The standard InChI is InChI=1S/C26H29FN2O2/c1-31-25-12-6-5-11-24(25)26(30)29(22-8-3-2-4-9-22)19-23-10-7-17-28(23)18-20-13-15-21(27)16-14-20/h5-7,10-17,22H,2-4,8-9,18-19H2,1H3. The van der Waals surface area contributed by atoms with E-state index in [9.17, 15) is 9.18 Å². The van der Waals surface area contributed by atoms with Crippen molar-refractivity contribution in [3.8, 4) is 5.75 Å². The van der Waals surface area contributed by atoms with Gasteiger partial charge in [-0.05, 0) is 54.8 Å². The van der Waals surface area contributed by atoms with Gasteiger partial charge in [0, 0.05) is 24.5 Å². The van der Waals surface area contributed by atoms with E-state index in [-0.39, 0.29) is 17.8 Å². The predicted octanol–water partition coefficient (Wildman–Crippen LogP) is 5.66. The van der Waals surface area contributed by atoms with Crippen LogP contribution in [0.25, 0.3) is 0 Å². The zero-order valence-corrected chi connectivity index (χ0v) is 18.0. The molecule has 1 amide bonds. The summed E-state index contributed by atoms with van der Waals surface area (Å²) in [5, 5.41) is 0. The van der Waals surface area contributed by atoms with Crippen LogP contribution in [0.1, 0.15) is 53.7 Å². The number of hydrogen-bond donors (Lipinski definition) is 0. The zero-order valence-electron chi connectivity index (χ0n) is 18.0. The van der Waals surface area contributed by atoms with Gasteiger partial charge in [0.25, 0.3) is 5.91 Å². The molecule has 0 spiro atoms. The number of amides is 1. The van der Waals surface area contributed by atoms with Crippen LogP contribution in [-0.4, -0.2) is 28.5 Å². The van der Waals surface area contributed by atoms with Crippen molar-refractivity contribution >= 4 is 5.91 Å². The van der Waals surface area contributed by atoms with Gasteiger partial charge in [-0.25, -0.2) is 4.39 Å².